The molecule has 0 saturated heterocycles. The molecular formula is C16H23FN4O2. The summed E-state index contributed by atoms with van der Waals surface area (Å²) in [7, 11) is 3.57. The summed E-state index contributed by atoms with van der Waals surface area (Å²) in [5.74, 6) is 0. The minimum atomic E-state index is -0.456. The maximum atomic E-state index is 11.3. The quantitative estimate of drug-likeness (QED) is 0.646. The molecule has 0 radical (unpaired) electrons. The van der Waals surface area contributed by atoms with Gasteiger partial charge in [-0.25, -0.2) is 4.79 Å². The molecule has 1 heterocycles. The van der Waals surface area contributed by atoms with E-state index in [9.17, 15) is 9.18 Å². The van der Waals surface area contributed by atoms with Gasteiger partial charge >= 0.3 is 6.09 Å². The van der Waals surface area contributed by atoms with Crippen LogP contribution in [0, 0.1) is 0 Å². The van der Waals surface area contributed by atoms with Crippen molar-refractivity contribution in [1.29, 1.82) is 0 Å². The third-order valence-electron chi connectivity index (χ3n) is 3.25. The van der Waals surface area contributed by atoms with Crippen LogP contribution in [0.3, 0.4) is 0 Å². The van der Waals surface area contributed by atoms with Crippen molar-refractivity contribution in [3.63, 3.8) is 0 Å². The second kappa shape index (κ2) is 10.2. The fourth-order valence-corrected chi connectivity index (χ4v) is 2.25. The van der Waals surface area contributed by atoms with Gasteiger partial charge in [0.15, 0.2) is 0 Å². The molecule has 1 aliphatic rings. The zero-order valence-corrected chi connectivity index (χ0v) is 13.7. The first-order valence-electron chi connectivity index (χ1n) is 7.17. The maximum Gasteiger partial charge on any atom is 0.411 e. The van der Waals surface area contributed by atoms with E-state index in [0.29, 0.717) is 7.18 Å². The van der Waals surface area contributed by atoms with Crippen LogP contribution in [0.5, 0.6) is 0 Å². The van der Waals surface area contributed by atoms with E-state index in [4.69, 9.17) is 0 Å². The van der Waals surface area contributed by atoms with E-state index >= 15 is 0 Å². The van der Waals surface area contributed by atoms with Gasteiger partial charge in [0.2, 0.25) is 0 Å². The number of hydrogen-bond donors (Lipinski definition) is 2. The van der Waals surface area contributed by atoms with Gasteiger partial charge in [-0.2, -0.15) is 0 Å². The van der Waals surface area contributed by atoms with Gasteiger partial charge in [0.25, 0.3) is 0 Å². The molecule has 6 nitrogen and oxygen atoms in total. The number of amides is 1. The SMILES string of the molecule is CF.CN=CN/C=C/CN1CCc2ccc(NC(=O)OC)cc21. The number of carbonyl (C=O) groups is 1. The van der Waals surface area contributed by atoms with Crippen molar-refractivity contribution in [2.24, 2.45) is 4.99 Å². The number of carbonyl (C=O) groups excluding carboxylic acids is 1. The number of benzene rings is 1. The number of fused-ring (bicyclic) bond motifs is 1. The molecule has 1 amide bonds. The smallest absolute Gasteiger partial charge is 0.411 e. The third-order valence-corrected chi connectivity index (χ3v) is 3.25. The van der Waals surface area contributed by atoms with Crippen LogP contribution in [0.25, 0.3) is 0 Å². The Morgan fingerprint density at radius 2 is 2.26 bits per heavy atom. The Kier molecular flexibility index (Phi) is 8.20. The molecule has 126 valence electrons. The number of aliphatic imine (C=N–C) groups is 1. The fourth-order valence-electron chi connectivity index (χ4n) is 2.25. The van der Waals surface area contributed by atoms with E-state index in [1.54, 1.807) is 13.4 Å². The second-order valence-corrected chi connectivity index (χ2v) is 4.61. The number of hydrogen-bond acceptors (Lipinski definition) is 4. The molecule has 23 heavy (non-hydrogen) atoms. The number of nitrogens with zero attached hydrogens (tertiary/aromatic N) is 2. The van der Waals surface area contributed by atoms with Gasteiger partial charge < -0.3 is 15.0 Å². The molecule has 1 aliphatic heterocycles. The van der Waals surface area contributed by atoms with Crippen molar-refractivity contribution in [3.8, 4) is 0 Å². The summed E-state index contributed by atoms with van der Waals surface area (Å²) in [6.45, 7) is 1.78. The van der Waals surface area contributed by atoms with Gasteiger partial charge in [-0.15, -0.1) is 0 Å². The molecule has 2 N–H and O–H groups in total. The molecule has 0 atom stereocenters. The molecule has 0 fully saturated rings. The van der Waals surface area contributed by atoms with Crippen molar-refractivity contribution in [1.82, 2.24) is 5.32 Å². The number of halogens is 1. The average Bonchev–Trinajstić information content (AvgIpc) is 2.99. The molecular weight excluding hydrogens is 299 g/mol. The molecule has 0 aliphatic carbocycles. The monoisotopic (exact) mass is 322 g/mol. The van der Waals surface area contributed by atoms with Crippen LogP contribution in [0.15, 0.2) is 35.5 Å². The van der Waals surface area contributed by atoms with Gasteiger partial charge in [-0.3, -0.25) is 14.7 Å². The van der Waals surface area contributed by atoms with Crippen molar-refractivity contribution in [3.05, 3.63) is 36.0 Å². The molecule has 0 unspecified atom stereocenters. The van der Waals surface area contributed by atoms with Crippen LogP contribution < -0.4 is 15.5 Å². The van der Waals surface area contributed by atoms with E-state index in [1.807, 2.05) is 30.5 Å². The fraction of sp³-hybridized carbons (Fsp3) is 0.375. The first-order valence-corrected chi connectivity index (χ1v) is 7.17. The molecule has 0 aromatic heterocycles. The first-order chi connectivity index (χ1) is 11.2. The van der Waals surface area contributed by atoms with E-state index in [2.05, 4.69) is 25.3 Å². The highest BCUT2D eigenvalue weighted by Gasteiger charge is 2.18. The van der Waals surface area contributed by atoms with E-state index in [-0.39, 0.29) is 0 Å². The van der Waals surface area contributed by atoms with Crippen molar-refractivity contribution in [2.45, 2.75) is 6.42 Å². The lowest BCUT2D eigenvalue weighted by Crippen LogP contribution is -2.21. The summed E-state index contributed by atoms with van der Waals surface area (Å²) in [6, 6.07) is 5.93. The number of anilines is 2. The Bertz CT molecular complexity index is 561. The van der Waals surface area contributed by atoms with Gasteiger partial charge in [-0.1, -0.05) is 6.07 Å². The Hall–Kier alpha value is -2.57. The maximum absolute atomic E-state index is 11.3. The molecule has 0 saturated carbocycles. The number of alkyl halides is 1. The standard InChI is InChI=1S/C15H20N4O2.CH3F/c1-16-11-17-7-3-8-19-9-6-12-4-5-13(10-14(12)19)18-15(20)21-2;1-2/h3-5,7,10-11H,6,8-9H2,1-2H3,(H,16,17)(H,18,20);1H3/b7-3+;. The molecule has 0 bridgehead atoms. The van der Waals surface area contributed by atoms with E-state index in [0.717, 1.165) is 30.9 Å². The Labute approximate surface area is 136 Å². The van der Waals surface area contributed by atoms with Crippen LogP contribution in [-0.2, 0) is 11.2 Å². The van der Waals surface area contributed by atoms with E-state index < -0.39 is 6.09 Å². The van der Waals surface area contributed by atoms with Crippen LogP contribution in [0.1, 0.15) is 5.56 Å². The zero-order chi connectivity index (χ0) is 17.1. The van der Waals surface area contributed by atoms with Crippen molar-refractivity contribution in [2.75, 3.05) is 44.6 Å². The predicted octanol–water partition coefficient (Wildman–Crippen LogP) is 2.57. The van der Waals surface area contributed by atoms with Gasteiger partial charge in [0.1, 0.15) is 0 Å². The van der Waals surface area contributed by atoms with Crippen LogP contribution in [0.4, 0.5) is 20.6 Å². The van der Waals surface area contributed by atoms with Crippen molar-refractivity contribution >= 4 is 23.8 Å². The molecule has 2 rings (SSSR count). The Balaban J connectivity index is 0.00000127. The van der Waals surface area contributed by atoms with Crippen LogP contribution in [-0.4, -0.2) is 46.9 Å². The van der Waals surface area contributed by atoms with Crippen LogP contribution >= 0.6 is 0 Å². The largest absolute Gasteiger partial charge is 0.453 e. The molecule has 0 spiro atoms. The Morgan fingerprint density at radius 1 is 1.48 bits per heavy atom. The summed E-state index contributed by atoms with van der Waals surface area (Å²) in [4.78, 5) is 17.4. The predicted molar refractivity (Wildman–Crippen MR) is 92.1 cm³/mol. The highest BCUT2D eigenvalue weighted by molar-refractivity contribution is 5.85. The number of ether oxygens (including phenoxy) is 1. The molecule has 1 aromatic carbocycles. The number of methoxy groups -OCH3 is 1. The minimum absolute atomic E-state index is 0.456. The lowest BCUT2D eigenvalue weighted by atomic mass is 10.1. The number of nitrogens with one attached hydrogen (secondary N) is 2. The number of rotatable bonds is 5. The topological polar surface area (TPSA) is 66.0 Å². The van der Waals surface area contributed by atoms with Crippen molar-refractivity contribution < 1.29 is 13.9 Å². The Morgan fingerprint density at radius 3 is 2.96 bits per heavy atom. The van der Waals surface area contributed by atoms with Crippen LogP contribution in [0.2, 0.25) is 0 Å². The molecule has 7 heteroatoms. The zero-order valence-electron chi connectivity index (χ0n) is 13.7. The van der Waals surface area contributed by atoms with Gasteiger partial charge in [0, 0.05) is 31.5 Å². The first kappa shape index (κ1) is 18.5. The molecule has 1 aromatic rings. The summed E-state index contributed by atoms with van der Waals surface area (Å²) in [5, 5.41) is 5.65. The second-order valence-electron chi connectivity index (χ2n) is 4.61. The summed E-state index contributed by atoms with van der Waals surface area (Å²) < 4.78 is 14.1. The van der Waals surface area contributed by atoms with Gasteiger partial charge in [-0.05, 0) is 36.4 Å². The third kappa shape index (κ3) is 5.61. The summed E-state index contributed by atoms with van der Waals surface area (Å²) >= 11 is 0. The summed E-state index contributed by atoms with van der Waals surface area (Å²) in [5.41, 5.74) is 3.19. The lowest BCUT2D eigenvalue weighted by Gasteiger charge is -2.18. The normalized spacial score (nSPS) is 12.8. The van der Waals surface area contributed by atoms with E-state index in [1.165, 1.54) is 12.7 Å². The van der Waals surface area contributed by atoms with Gasteiger partial charge in [0.05, 0.1) is 20.6 Å². The highest BCUT2D eigenvalue weighted by Crippen LogP contribution is 2.30. The lowest BCUT2D eigenvalue weighted by molar-refractivity contribution is 0.187. The average molecular weight is 322 g/mol. The summed E-state index contributed by atoms with van der Waals surface area (Å²) in [6.07, 6.45) is 6.10. The minimum Gasteiger partial charge on any atom is -0.453 e. The highest BCUT2D eigenvalue weighted by atomic mass is 19.1.